The molecule has 0 bridgehead atoms. The Balaban J connectivity index is 1.37. The van der Waals surface area contributed by atoms with Crippen molar-refractivity contribution in [3.63, 3.8) is 0 Å². The lowest BCUT2D eigenvalue weighted by Crippen LogP contribution is -2.31. The zero-order valence-corrected chi connectivity index (χ0v) is 17.7. The van der Waals surface area contributed by atoms with Gasteiger partial charge in [-0.25, -0.2) is 8.42 Å². The number of amidine groups is 1. The number of anilines is 2. The number of fused-ring (bicyclic) bond motifs is 1. The Bertz CT molecular complexity index is 1020. The first kappa shape index (κ1) is 20.0. The van der Waals surface area contributed by atoms with E-state index in [-0.39, 0.29) is 28.7 Å². The van der Waals surface area contributed by atoms with Crippen LogP contribution in [0, 0.1) is 0 Å². The molecular formula is C21H23N3O3S2. The van der Waals surface area contributed by atoms with E-state index in [1.165, 1.54) is 11.8 Å². The fraction of sp³-hybridized carbons (Fsp3) is 0.333. The van der Waals surface area contributed by atoms with Gasteiger partial charge in [0.05, 0.1) is 24.0 Å². The molecule has 2 atom stereocenters. The number of hydrogen-bond acceptors (Lipinski definition) is 6. The van der Waals surface area contributed by atoms with Gasteiger partial charge in [0, 0.05) is 23.2 Å². The minimum atomic E-state index is -2.94. The van der Waals surface area contributed by atoms with Gasteiger partial charge in [-0.3, -0.25) is 9.79 Å². The van der Waals surface area contributed by atoms with Crippen molar-refractivity contribution in [3.05, 3.63) is 60.2 Å². The highest BCUT2D eigenvalue weighted by Gasteiger charge is 2.42. The molecule has 152 valence electrons. The zero-order valence-electron chi connectivity index (χ0n) is 16.1. The van der Waals surface area contributed by atoms with Crippen molar-refractivity contribution in [3.8, 4) is 0 Å². The summed E-state index contributed by atoms with van der Waals surface area (Å²) in [5.74, 6) is 0.406. The van der Waals surface area contributed by atoms with Crippen molar-refractivity contribution < 1.29 is 13.2 Å². The summed E-state index contributed by atoms with van der Waals surface area (Å²) in [6, 6.07) is 17.3. The van der Waals surface area contributed by atoms with Gasteiger partial charge in [0.15, 0.2) is 15.0 Å². The van der Waals surface area contributed by atoms with Crippen LogP contribution in [0.2, 0.25) is 0 Å². The van der Waals surface area contributed by atoms with Gasteiger partial charge >= 0.3 is 0 Å². The van der Waals surface area contributed by atoms with E-state index in [0.29, 0.717) is 13.0 Å². The number of sulfone groups is 1. The third-order valence-corrected chi connectivity index (χ3v) is 8.21. The molecule has 0 radical (unpaired) electrons. The molecule has 2 aromatic carbocycles. The molecule has 0 saturated carbocycles. The van der Waals surface area contributed by atoms with Gasteiger partial charge < -0.3 is 10.2 Å². The summed E-state index contributed by atoms with van der Waals surface area (Å²) in [6.07, 6.45) is 0.334. The summed E-state index contributed by atoms with van der Waals surface area (Å²) in [6.45, 7) is 2.59. The molecule has 1 N–H and O–H groups in total. The van der Waals surface area contributed by atoms with E-state index in [1.807, 2.05) is 61.5 Å². The van der Waals surface area contributed by atoms with E-state index in [9.17, 15) is 13.2 Å². The molecule has 2 aliphatic rings. The molecule has 29 heavy (non-hydrogen) atoms. The monoisotopic (exact) mass is 429 g/mol. The minimum absolute atomic E-state index is 0.0254. The van der Waals surface area contributed by atoms with Crippen LogP contribution in [0.3, 0.4) is 0 Å². The highest BCUT2D eigenvalue weighted by molar-refractivity contribution is 8.15. The maximum atomic E-state index is 12.7. The quantitative estimate of drug-likeness (QED) is 0.791. The molecule has 2 aromatic rings. The van der Waals surface area contributed by atoms with Crippen molar-refractivity contribution in [2.75, 3.05) is 28.3 Å². The maximum Gasteiger partial charge on any atom is 0.231 e. The van der Waals surface area contributed by atoms with Crippen molar-refractivity contribution >= 4 is 44.0 Å². The number of aliphatic imine (C=N–C) groups is 1. The normalized spacial score (nSPS) is 22.0. The second kappa shape index (κ2) is 8.20. The Kier molecular flexibility index (Phi) is 5.65. The predicted octanol–water partition coefficient (Wildman–Crippen LogP) is 2.96. The fourth-order valence-electron chi connectivity index (χ4n) is 3.63. The number of rotatable bonds is 5. The van der Waals surface area contributed by atoms with Crippen LogP contribution in [0.25, 0.3) is 0 Å². The molecule has 1 saturated heterocycles. The Morgan fingerprint density at radius 2 is 1.86 bits per heavy atom. The standard InChI is InChI=1S/C21H23N3O3S2/c1-2-24(17-6-4-3-5-7-17)20(25)12-15-8-10-16(11-9-15)22-21-23-18-13-29(26,27)14-19(18)28-21/h3-11,18-19H,2,12-14H2,1H3,(H,22,23)/t18-,19-/m1/s1. The molecule has 2 aliphatic heterocycles. The van der Waals surface area contributed by atoms with E-state index in [4.69, 9.17) is 0 Å². The Hall–Kier alpha value is -2.32. The fourth-order valence-corrected chi connectivity index (χ4v) is 7.30. The van der Waals surface area contributed by atoms with Crippen LogP contribution >= 0.6 is 11.8 Å². The molecule has 1 amide bonds. The number of amides is 1. The van der Waals surface area contributed by atoms with E-state index >= 15 is 0 Å². The van der Waals surface area contributed by atoms with Gasteiger partial charge in [-0.05, 0) is 36.8 Å². The minimum Gasteiger partial charge on any atom is -0.335 e. The zero-order chi connectivity index (χ0) is 20.4. The number of likely N-dealkylation sites (N-methyl/N-ethyl adjacent to an activating group) is 1. The average Bonchev–Trinajstić information content (AvgIpc) is 3.17. The van der Waals surface area contributed by atoms with Crippen molar-refractivity contribution in [1.82, 2.24) is 0 Å². The molecule has 0 aliphatic carbocycles. The van der Waals surface area contributed by atoms with Crippen molar-refractivity contribution in [1.29, 1.82) is 0 Å². The van der Waals surface area contributed by atoms with Crippen LogP contribution in [0.1, 0.15) is 12.5 Å². The highest BCUT2D eigenvalue weighted by Crippen LogP contribution is 2.34. The second-order valence-corrected chi connectivity index (χ2v) is 10.6. The van der Waals surface area contributed by atoms with E-state index < -0.39 is 9.84 Å². The third-order valence-electron chi connectivity index (χ3n) is 5.06. The maximum absolute atomic E-state index is 12.7. The van der Waals surface area contributed by atoms with Gasteiger partial charge in [-0.2, -0.15) is 0 Å². The number of benzene rings is 2. The number of hydrogen-bond donors (Lipinski definition) is 1. The van der Waals surface area contributed by atoms with E-state index in [0.717, 1.165) is 22.1 Å². The number of nitrogens with one attached hydrogen (secondary N) is 1. The smallest absolute Gasteiger partial charge is 0.231 e. The first-order valence-electron chi connectivity index (χ1n) is 9.60. The molecule has 6 nitrogen and oxygen atoms in total. The average molecular weight is 430 g/mol. The largest absolute Gasteiger partial charge is 0.335 e. The van der Waals surface area contributed by atoms with Gasteiger partial charge in [-0.1, -0.05) is 42.1 Å². The topological polar surface area (TPSA) is 78.8 Å². The second-order valence-electron chi connectivity index (χ2n) is 7.21. The lowest BCUT2D eigenvalue weighted by atomic mass is 10.1. The molecule has 8 heteroatoms. The van der Waals surface area contributed by atoms with Crippen LogP contribution in [-0.2, 0) is 21.1 Å². The molecule has 0 spiro atoms. The van der Waals surface area contributed by atoms with Crippen molar-refractivity contribution in [2.45, 2.75) is 24.6 Å². The number of carbonyl (C=O) groups excluding carboxylic acids is 1. The molecule has 2 heterocycles. The lowest BCUT2D eigenvalue weighted by Gasteiger charge is -2.21. The Labute approximate surface area is 175 Å². The summed E-state index contributed by atoms with van der Waals surface area (Å²) in [7, 11) is -2.94. The van der Waals surface area contributed by atoms with Gasteiger partial charge in [-0.15, -0.1) is 0 Å². The summed E-state index contributed by atoms with van der Waals surface area (Å²) >= 11 is 1.50. The van der Waals surface area contributed by atoms with E-state index in [2.05, 4.69) is 10.3 Å². The third kappa shape index (κ3) is 4.64. The predicted molar refractivity (Wildman–Crippen MR) is 119 cm³/mol. The van der Waals surface area contributed by atoms with Gasteiger partial charge in [0.25, 0.3) is 0 Å². The van der Waals surface area contributed by atoms with Crippen LogP contribution in [-0.4, -0.2) is 48.8 Å². The van der Waals surface area contributed by atoms with Gasteiger partial charge in [0.2, 0.25) is 5.91 Å². The van der Waals surface area contributed by atoms with Crippen LogP contribution in [0.4, 0.5) is 11.4 Å². The SMILES string of the molecule is CCN(C(=O)Cc1ccc(NC2=N[C@@H]3CS(=O)(=O)C[C@H]3S2)cc1)c1ccccc1. The summed E-state index contributed by atoms with van der Waals surface area (Å²) in [5, 5.41) is 4.05. The number of thioether (sulfide) groups is 1. The number of carbonyl (C=O) groups is 1. The van der Waals surface area contributed by atoms with Gasteiger partial charge in [0.1, 0.15) is 0 Å². The molecule has 1 fully saturated rings. The Morgan fingerprint density at radius 3 is 2.52 bits per heavy atom. The summed E-state index contributed by atoms with van der Waals surface area (Å²) < 4.78 is 23.3. The van der Waals surface area contributed by atoms with Crippen LogP contribution in [0.5, 0.6) is 0 Å². The highest BCUT2D eigenvalue weighted by atomic mass is 32.2. The number of para-hydroxylation sites is 1. The number of nitrogens with zero attached hydrogens (tertiary/aromatic N) is 2. The Morgan fingerprint density at radius 1 is 1.14 bits per heavy atom. The first-order chi connectivity index (χ1) is 13.9. The van der Waals surface area contributed by atoms with E-state index in [1.54, 1.807) is 4.90 Å². The lowest BCUT2D eigenvalue weighted by molar-refractivity contribution is -0.117. The molecule has 0 unspecified atom stereocenters. The summed E-state index contributed by atoms with van der Waals surface area (Å²) in [4.78, 5) is 19.0. The molecule has 0 aromatic heterocycles. The summed E-state index contributed by atoms with van der Waals surface area (Å²) in [5.41, 5.74) is 2.73. The van der Waals surface area contributed by atoms with Crippen molar-refractivity contribution in [2.24, 2.45) is 4.99 Å². The molecular weight excluding hydrogens is 406 g/mol. The first-order valence-corrected chi connectivity index (χ1v) is 12.3. The van der Waals surface area contributed by atoms with Crippen LogP contribution in [0.15, 0.2) is 59.6 Å². The van der Waals surface area contributed by atoms with Crippen LogP contribution < -0.4 is 10.2 Å². The molecule has 4 rings (SSSR count).